The van der Waals surface area contributed by atoms with Gasteiger partial charge in [0.15, 0.2) is 0 Å². The summed E-state index contributed by atoms with van der Waals surface area (Å²) in [6, 6.07) is -0.940. The lowest BCUT2D eigenvalue weighted by molar-refractivity contribution is -0.131. The van der Waals surface area contributed by atoms with Gasteiger partial charge in [0.1, 0.15) is 11.6 Å². The SMILES string of the molecule is C=C[C@@H]1C[C@]1(NC(=O)[C@@H]1C[C@@]2(CN1C(=O)O)C(C)(C)C21CCC1C(C)(C)C)C(=O)NS(=O)(=O)C1(CCC)CC1. The molecule has 1 aliphatic heterocycles. The van der Waals surface area contributed by atoms with E-state index in [2.05, 4.69) is 51.2 Å². The van der Waals surface area contributed by atoms with Gasteiger partial charge in [-0.25, -0.2) is 13.2 Å². The highest BCUT2D eigenvalue weighted by Crippen LogP contribution is 2.91. The maximum Gasteiger partial charge on any atom is 0.407 e. The van der Waals surface area contributed by atoms with Crippen LogP contribution in [0.2, 0.25) is 0 Å². The molecule has 0 aromatic rings. The zero-order valence-electron chi connectivity index (χ0n) is 24.2. The van der Waals surface area contributed by atoms with Crippen LogP contribution >= 0.6 is 0 Å². The van der Waals surface area contributed by atoms with E-state index in [4.69, 9.17) is 0 Å². The molecular weight excluding hydrogens is 518 g/mol. The fourth-order valence-electron chi connectivity index (χ4n) is 9.29. The van der Waals surface area contributed by atoms with Gasteiger partial charge in [-0.3, -0.25) is 19.2 Å². The van der Waals surface area contributed by atoms with Crippen molar-refractivity contribution in [3.63, 3.8) is 0 Å². The Labute approximate surface area is 232 Å². The summed E-state index contributed by atoms with van der Waals surface area (Å²) in [5.41, 5.74) is -1.82. The Morgan fingerprint density at radius 2 is 1.77 bits per heavy atom. The molecule has 5 aliphatic rings. The summed E-state index contributed by atoms with van der Waals surface area (Å²) < 4.78 is 27.6. The molecule has 218 valence electrons. The van der Waals surface area contributed by atoms with Gasteiger partial charge < -0.3 is 10.4 Å². The molecule has 1 saturated heterocycles. The number of rotatable bonds is 8. The molecule has 0 bridgehead atoms. The zero-order valence-corrected chi connectivity index (χ0v) is 25.0. The van der Waals surface area contributed by atoms with Gasteiger partial charge in [-0.15, -0.1) is 6.58 Å². The molecule has 6 atom stereocenters. The molecule has 5 rings (SSSR count). The lowest BCUT2D eigenvalue weighted by Crippen LogP contribution is -2.57. The van der Waals surface area contributed by atoms with Crippen LogP contribution in [-0.4, -0.2) is 59.2 Å². The number of carbonyl (C=O) groups is 3. The first-order chi connectivity index (χ1) is 17.9. The molecule has 4 aliphatic carbocycles. The van der Waals surface area contributed by atoms with E-state index in [1.165, 1.54) is 4.90 Å². The summed E-state index contributed by atoms with van der Waals surface area (Å²) in [6.45, 7) is 17.1. The standard InChI is InChI=1S/C29H45N3O6S/c1-8-11-26(13-14-26)39(37,38)31-22(34)28(15-18(28)9-2)30-21(33)19-16-27(17-32(19)23(35)36)25(6,7)29(27)12-10-20(29)24(3,4)5/h9,18-20H,2,8,10-17H2,1,3-7H3,(H,30,33)(H,31,34)(H,35,36)/t18-,19+,20?,27-,28-,29?/m1/s1. The van der Waals surface area contributed by atoms with Crippen LogP contribution in [0.15, 0.2) is 12.7 Å². The molecule has 1 heterocycles. The topological polar surface area (TPSA) is 133 Å². The Hall–Kier alpha value is -2.10. The van der Waals surface area contributed by atoms with Crippen LogP contribution in [0, 0.1) is 33.5 Å². The number of carboxylic acid groups (broad SMARTS) is 1. The van der Waals surface area contributed by atoms with Crippen LogP contribution in [0.1, 0.15) is 92.9 Å². The zero-order chi connectivity index (χ0) is 29.0. The minimum absolute atomic E-state index is 0.0226. The molecule has 4 saturated carbocycles. The quantitative estimate of drug-likeness (QED) is 0.382. The fourth-order valence-corrected chi connectivity index (χ4v) is 11.0. The Kier molecular flexibility index (Phi) is 6.00. The number of likely N-dealkylation sites (tertiary alicyclic amines) is 1. The van der Waals surface area contributed by atoms with Gasteiger partial charge in [-0.2, -0.15) is 0 Å². The number of amides is 3. The van der Waals surface area contributed by atoms with E-state index in [-0.39, 0.29) is 34.6 Å². The molecule has 0 radical (unpaired) electrons. The van der Waals surface area contributed by atoms with Crippen molar-refractivity contribution in [3.05, 3.63) is 12.7 Å². The highest BCUT2D eigenvalue weighted by Gasteiger charge is 2.89. The molecule has 10 heteroatoms. The van der Waals surface area contributed by atoms with Crippen molar-refractivity contribution in [2.75, 3.05) is 6.54 Å². The number of sulfonamides is 1. The normalized spacial score (nSPS) is 39.1. The molecule has 2 spiro atoms. The molecule has 0 aromatic carbocycles. The molecular formula is C29H45N3O6S. The van der Waals surface area contributed by atoms with E-state index in [0.29, 0.717) is 38.0 Å². The summed E-state index contributed by atoms with van der Waals surface area (Å²) in [5.74, 6) is -1.28. The van der Waals surface area contributed by atoms with Crippen LogP contribution in [0.25, 0.3) is 0 Å². The number of carbonyl (C=O) groups excluding carboxylic acids is 2. The summed E-state index contributed by atoms with van der Waals surface area (Å²) in [5, 5.41) is 13.0. The Morgan fingerprint density at radius 1 is 1.13 bits per heavy atom. The predicted molar refractivity (Wildman–Crippen MR) is 147 cm³/mol. The summed E-state index contributed by atoms with van der Waals surface area (Å²) in [7, 11) is -3.91. The van der Waals surface area contributed by atoms with Crippen molar-refractivity contribution in [2.24, 2.45) is 33.5 Å². The van der Waals surface area contributed by atoms with Crippen LogP contribution in [0.3, 0.4) is 0 Å². The van der Waals surface area contributed by atoms with Crippen LogP contribution in [0.4, 0.5) is 4.79 Å². The van der Waals surface area contributed by atoms with E-state index < -0.39 is 50.2 Å². The average Bonchev–Trinajstić information content (AvgIpc) is 3.71. The summed E-state index contributed by atoms with van der Waals surface area (Å²) >= 11 is 0. The second kappa shape index (κ2) is 8.23. The first-order valence-corrected chi connectivity index (χ1v) is 15.9. The third kappa shape index (κ3) is 3.54. The second-order valence-corrected chi connectivity index (χ2v) is 16.7. The van der Waals surface area contributed by atoms with E-state index in [1.807, 2.05) is 6.92 Å². The Morgan fingerprint density at radius 3 is 2.21 bits per heavy atom. The van der Waals surface area contributed by atoms with E-state index in [1.54, 1.807) is 6.08 Å². The minimum atomic E-state index is -3.91. The van der Waals surface area contributed by atoms with Crippen molar-refractivity contribution < 1.29 is 27.9 Å². The third-order valence-electron chi connectivity index (χ3n) is 11.8. The first-order valence-electron chi connectivity index (χ1n) is 14.4. The summed E-state index contributed by atoms with van der Waals surface area (Å²) in [4.78, 5) is 40.9. The molecule has 0 aromatic heterocycles. The molecule has 3 amide bonds. The van der Waals surface area contributed by atoms with Gasteiger partial charge in [-0.05, 0) is 67.1 Å². The Bertz CT molecular complexity index is 1230. The van der Waals surface area contributed by atoms with Crippen molar-refractivity contribution in [1.29, 1.82) is 0 Å². The highest BCUT2D eigenvalue weighted by atomic mass is 32.2. The van der Waals surface area contributed by atoms with Gasteiger partial charge in [-0.1, -0.05) is 54.0 Å². The fraction of sp³-hybridized carbons (Fsp3) is 0.828. The largest absolute Gasteiger partial charge is 0.465 e. The first kappa shape index (κ1) is 28.4. The minimum Gasteiger partial charge on any atom is -0.465 e. The van der Waals surface area contributed by atoms with E-state index in [9.17, 15) is 27.9 Å². The lowest BCUT2D eigenvalue weighted by Gasteiger charge is -2.50. The van der Waals surface area contributed by atoms with Crippen LogP contribution < -0.4 is 10.0 Å². The Balaban J connectivity index is 1.38. The number of hydrogen-bond donors (Lipinski definition) is 3. The average molecular weight is 564 g/mol. The van der Waals surface area contributed by atoms with Gasteiger partial charge >= 0.3 is 6.09 Å². The number of nitrogens with zero attached hydrogens (tertiary/aromatic N) is 1. The van der Waals surface area contributed by atoms with Gasteiger partial charge in [0, 0.05) is 17.9 Å². The molecule has 9 nitrogen and oxygen atoms in total. The van der Waals surface area contributed by atoms with Crippen molar-refractivity contribution >= 4 is 27.9 Å². The molecule has 3 N–H and O–H groups in total. The summed E-state index contributed by atoms with van der Waals surface area (Å²) in [6.07, 6.45) is 5.34. The van der Waals surface area contributed by atoms with Crippen molar-refractivity contribution in [2.45, 2.75) is 109 Å². The molecule has 2 unspecified atom stereocenters. The maximum atomic E-state index is 13.8. The smallest absolute Gasteiger partial charge is 0.407 e. The second-order valence-electron chi connectivity index (χ2n) is 14.6. The number of hydrogen-bond acceptors (Lipinski definition) is 5. The number of fused-ring (bicyclic) bond motifs is 1. The highest BCUT2D eigenvalue weighted by molar-refractivity contribution is 7.91. The van der Waals surface area contributed by atoms with Crippen molar-refractivity contribution in [3.8, 4) is 0 Å². The third-order valence-corrected chi connectivity index (χ3v) is 14.0. The molecule has 5 fully saturated rings. The molecule has 39 heavy (non-hydrogen) atoms. The maximum absolute atomic E-state index is 13.8. The van der Waals surface area contributed by atoms with Gasteiger partial charge in [0.25, 0.3) is 5.91 Å². The monoisotopic (exact) mass is 563 g/mol. The lowest BCUT2D eigenvalue weighted by atomic mass is 9.55. The van der Waals surface area contributed by atoms with E-state index in [0.717, 1.165) is 12.8 Å². The van der Waals surface area contributed by atoms with Gasteiger partial charge in [0.2, 0.25) is 15.9 Å². The van der Waals surface area contributed by atoms with Crippen molar-refractivity contribution in [1.82, 2.24) is 14.9 Å². The van der Waals surface area contributed by atoms with E-state index >= 15 is 0 Å². The number of nitrogens with one attached hydrogen (secondary N) is 2. The van der Waals surface area contributed by atoms with Crippen LogP contribution in [0.5, 0.6) is 0 Å². The van der Waals surface area contributed by atoms with Crippen LogP contribution in [-0.2, 0) is 19.6 Å². The van der Waals surface area contributed by atoms with Gasteiger partial charge in [0.05, 0.1) is 4.75 Å². The predicted octanol–water partition coefficient (Wildman–Crippen LogP) is 4.05.